The van der Waals surface area contributed by atoms with Gasteiger partial charge in [-0.15, -0.1) is 0 Å². The summed E-state index contributed by atoms with van der Waals surface area (Å²) in [5, 5.41) is 4.24. The Kier molecular flexibility index (Phi) is 4.50. The number of morpholine rings is 1. The van der Waals surface area contributed by atoms with Gasteiger partial charge in [-0.3, -0.25) is 19.4 Å². The summed E-state index contributed by atoms with van der Waals surface area (Å²) in [6, 6.07) is 5.70. The van der Waals surface area contributed by atoms with Gasteiger partial charge in [-0.2, -0.15) is 5.10 Å². The fraction of sp³-hybridized carbons (Fsp3) is 0.500. The molecule has 132 valence electrons. The summed E-state index contributed by atoms with van der Waals surface area (Å²) >= 11 is 0. The zero-order valence-electron chi connectivity index (χ0n) is 14.4. The van der Waals surface area contributed by atoms with Crippen molar-refractivity contribution in [2.45, 2.75) is 25.1 Å². The first-order valence-electron chi connectivity index (χ1n) is 8.74. The summed E-state index contributed by atoms with van der Waals surface area (Å²) in [7, 11) is 1.96. The van der Waals surface area contributed by atoms with Crippen LogP contribution in [0.25, 0.3) is 0 Å². The van der Waals surface area contributed by atoms with Crippen LogP contribution in [0.15, 0.2) is 36.8 Å². The number of amides is 1. The molecule has 2 fully saturated rings. The van der Waals surface area contributed by atoms with Crippen LogP contribution in [0.3, 0.4) is 0 Å². The maximum absolute atomic E-state index is 12.9. The molecule has 0 saturated carbocycles. The number of ether oxygens (including phenoxy) is 1. The largest absolute Gasteiger partial charge is 0.374 e. The minimum Gasteiger partial charge on any atom is -0.374 e. The van der Waals surface area contributed by atoms with Crippen molar-refractivity contribution in [1.82, 2.24) is 24.6 Å². The Bertz CT molecular complexity index is 732. The third-order valence-electron chi connectivity index (χ3n) is 5.16. The van der Waals surface area contributed by atoms with Crippen molar-refractivity contribution < 1.29 is 9.53 Å². The molecule has 1 amide bonds. The number of nitrogens with zero attached hydrogens (tertiary/aromatic N) is 5. The van der Waals surface area contributed by atoms with Crippen LogP contribution in [0.2, 0.25) is 0 Å². The molecule has 0 unspecified atom stereocenters. The lowest BCUT2D eigenvalue weighted by atomic mass is 9.97. The first kappa shape index (κ1) is 16.2. The molecule has 0 N–H and O–H groups in total. The third-order valence-corrected chi connectivity index (χ3v) is 5.16. The van der Waals surface area contributed by atoms with E-state index in [-0.39, 0.29) is 18.1 Å². The van der Waals surface area contributed by atoms with Crippen molar-refractivity contribution in [1.29, 1.82) is 0 Å². The summed E-state index contributed by atoms with van der Waals surface area (Å²) < 4.78 is 7.86. The van der Waals surface area contributed by atoms with Gasteiger partial charge in [-0.1, -0.05) is 0 Å². The molecule has 2 aliphatic rings. The summed E-state index contributed by atoms with van der Waals surface area (Å²) in [6.45, 7) is 3.90. The van der Waals surface area contributed by atoms with E-state index in [2.05, 4.69) is 15.0 Å². The van der Waals surface area contributed by atoms with Gasteiger partial charge in [0, 0.05) is 57.4 Å². The number of pyridine rings is 1. The number of carbonyl (C=O) groups is 1. The van der Waals surface area contributed by atoms with Crippen molar-refractivity contribution in [3.05, 3.63) is 48.0 Å². The number of aryl methyl sites for hydroxylation is 1. The second kappa shape index (κ2) is 6.93. The van der Waals surface area contributed by atoms with Gasteiger partial charge in [-0.05, 0) is 24.6 Å². The van der Waals surface area contributed by atoms with Crippen LogP contribution in [-0.4, -0.2) is 68.9 Å². The van der Waals surface area contributed by atoms with Gasteiger partial charge in [0.05, 0.1) is 24.4 Å². The van der Waals surface area contributed by atoms with Crippen LogP contribution in [-0.2, 0) is 18.3 Å². The summed E-state index contributed by atoms with van der Waals surface area (Å²) in [6.07, 6.45) is 6.23. The first-order chi connectivity index (χ1) is 12.2. The average Bonchev–Trinajstić information content (AvgIpc) is 3.06. The van der Waals surface area contributed by atoms with Gasteiger partial charge in [-0.25, -0.2) is 0 Å². The van der Waals surface area contributed by atoms with E-state index in [0.29, 0.717) is 18.7 Å². The number of hydrogen-bond donors (Lipinski definition) is 0. The van der Waals surface area contributed by atoms with Crippen molar-refractivity contribution in [2.75, 3.05) is 26.2 Å². The number of piperidine rings is 1. The zero-order chi connectivity index (χ0) is 17.2. The van der Waals surface area contributed by atoms with Crippen molar-refractivity contribution in [3.8, 4) is 0 Å². The lowest BCUT2D eigenvalue weighted by molar-refractivity contribution is -0.0916. The predicted molar refractivity (Wildman–Crippen MR) is 91.9 cm³/mol. The zero-order valence-corrected chi connectivity index (χ0v) is 14.4. The van der Waals surface area contributed by atoms with E-state index < -0.39 is 0 Å². The molecule has 25 heavy (non-hydrogen) atoms. The molecule has 0 spiro atoms. The average molecular weight is 341 g/mol. The molecule has 0 aliphatic carbocycles. The van der Waals surface area contributed by atoms with Crippen LogP contribution in [0.1, 0.15) is 22.5 Å². The predicted octanol–water partition coefficient (Wildman–Crippen LogP) is 0.931. The molecule has 2 saturated heterocycles. The highest BCUT2D eigenvalue weighted by Gasteiger charge is 2.39. The Morgan fingerprint density at radius 1 is 1.24 bits per heavy atom. The molecular weight excluding hydrogens is 318 g/mol. The van der Waals surface area contributed by atoms with Gasteiger partial charge < -0.3 is 9.64 Å². The Hall–Kier alpha value is -2.25. The molecule has 4 heterocycles. The number of aromatic nitrogens is 3. The van der Waals surface area contributed by atoms with Gasteiger partial charge in [0.1, 0.15) is 0 Å². The fourth-order valence-electron chi connectivity index (χ4n) is 3.78. The summed E-state index contributed by atoms with van der Waals surface area (Å²) in [4.78, 5) is 21.3. The van der Waals surface area contributed by atoms with Crippen molar-refractivity contribution >= 4 is 5.91 Å². The van der Waals surface area contributed by atoms with Crippen LogP contribution in [0, 0.1) is 0 Å². The molecule has 7 nitrogen and oxygen atoms in total. The molecule has 2 aromatic rings. The maximum Gasteiger partial charge on any atom is 0.254 e. The van der Waals surface area contributed by atoms with E-state index in [9.17, 15) is 4.79 Å². The molecule has 7 heteroatoms. The Labute approximate surface area is 147 Å². The lowest BCUT2D eigenvalue weighted by Gasteiger charge is -2.47. The number of likely N-dealkylation sites (tertiary alicyclic amines) is 1. The van der Waals surface area contributed by atoms with Crippen molar-refractivity contribution in [3.63, 3.8) is 0 Å². The molecule has 2 atom stereocenters. The Balaban J connectivity index is 1.50. The second-order valence-corrected chi connectivity index (χ2v) is 6.68. The minimum absolute atomic E-state index is 0.0723. The number of fused-ring (bicyclic) bond motifs is 1. The smallest absolute Gasteiger partial charge is 0.254 e. The monoisotopic (exact) mass is 341 g/mol. The molecule has 2 aromatic heterocycles. The highest BCUT2D eigenvalue weighted by Crippen LogP contribution is 2.25. The third kappa shape index (κ3) is 3.29. The highest BCUT2D eigenvalue weighted by atomic mass is 16.5. The highest BCUT2D eigenvalue weighted by molar-refractivity contribution is 5.94. The summed E-state index contributed by atoms with van der Waals surface area (Å²) in [5.74, 6) is 0.0723. The van der Waals surface area contributed by atoms with E-state index >= 15 is 0 Å². The SMILES string of the molecule is Cn1nccc1CN1CC[C@@H]2OCCN(C(=O)c3ccncc3)[C@H]2C1. The molecule has 4 rings (SSSR count). The molecular formula is C18H23N5O2. The van der Waals surface area contributed by atoms with Crippen LogP contribution < -0.4 is 0 Å². The molecule has 2 aliphatic heterocycles. The lowest BCUT2D eigenvalue weighted by Crippen LogP contribution is -2.61. The number of carbonyl (C=O) groups excluding carboxylic acids is 1. The van der Waals surface area contributed by atoms with E-state index in [0.717, 1.165) is 26.1 Å². The topological polar surface area (TPSA) is 63.5 Å². The fourth-order valence-corrected chi connectivity index (χ4v) is 3.78. The molecule has 0 aromatic carbocycles. The van der Waals surface area contributed by atoms with E-state index in [1.165, 1.54) is 5.69 Å². The normalized spacial score (nSPS) is 24.1. The van der Waals surface area contributed by atoms with Gasteiger partial charge in [0.25, 0.3) is 5.91 Å². The van der Waals surface area contributed by atoms with Crippen LogP contribution in [0.4, 0.5) is 0 Å². The van der Waals surface area contributed by atoms with E-state index in [1.54, 1.807) is 24.5 Å². The maximum atomic E-state index is 12.9. The van der Waals surface area contributed by atoms with E-state index in [4.69, 9.17) is 4.74 Å². The Morgan fingerprint density at radius 3 is 2.84 bits per heavy atom. The number of rotatable bonds is 3. The number of hydrogen-bond acceptors (Lipinski definition) is 5. The quantitative estimate of drug-likeness (QED) is 0.831. The van der Waals surface area contributed by atoms with Crippen LogP contribution >= 0.6 is 0 Å². The van der Waals surface area contributed by atoms with Crippen molar-refractivity contribution in [2.24, 2.45) is 7.05 Å². The Morgan fingerprint density at radius 2 is 2.08 bits per heavy atom. The molecule has 0 bridgehead atoms. The van der Waals surface area contributed by atoms with Crippen LogP contribution in [0.5, 0.6) is 0 Å². The standard InChI is InChI=1S/C18H23N5O2/c1-21-15(4-8-20-21)12-22-9-5-17-16(13-22)23(10-11-25-17)18(24)14-2-6-19-7-3-14/h2-4,6-8,16-17H,5,9-13H2,1H3/t16-,17-/m0/s1. The first-order valence-corrected chi connectivity index (χ1v) is 8.74. The second-order valence-electron chi connectivity index (χ2n) is 6.68. The van der Waals surface area contributed by atoms with Gasteiger partial charge in [0.2, 0.25) is 0 Å². The summed E-state index contributed by atoms with van der Waals surface area (Å²) in [5.41, 5.74) is 1.88. The van der Waals surface area contributed by atoms with Gasteiger partial charge in [0.15, 0.2) is 0 Å². The minimum atomic E-state index is 0.0723. The molecule has 0 radical (unpaired) electrons. The van der Waals surface area contributed by atoms with Gasteiger partial charge >= 0.3 is 0 Å². The van der Waals surface area contributed by atoms with E-state index in [1.807, 2.05) is 28.9 Å².